The minimum atomic E-state index is -3.26. The fourth-order valence-corrected chi connectivity index (χ4v) is 2.85. The van der Waals surface area contributed by atoms with E-state index in [1.54, 1.807) is 24.3 Å². The highest BCUT2D eigenvalue weighted by atomic mass is 79.9. The fraction of sp³-hybridized carbons (Fsp3) is 0.250. The first-order valence-electron chi connectivity index (χ1n) is 3.53. The molecule has 0 fully saturated rings. The van der Waals surface area contributed by atoms with Crippen LogP contribution in [0.3, 0.4) is 0 Å². The van der Waals surface area contributed by atoms with Crippen LogP contribution in [0.1, 0.15) is 5.56 Å². The molecule has 0 aliphatic heterocycles. The van der Waals surface area contributed by atoms with Crippen molar-refractivity contribution in [3.63, 3.8) is 0 Å². The van der Waals surface area contributed by atoms with Crippen molar-refractivity contribution in [2.75, 3.05) is 0 Å². The zero-order valence-electron chi connectivity index (χ0n) is 6.87. The van der Waals surface area contributed by atoms with Gasteiger partial charge in [-0.25, -0.2) is 8.42 Å². The summed E-state index contributed by atoms with van der Waals surface area (Å²) in [5.41, 5.74) is 1.04. The van der Waals surface area contributed by atoms with Gasteiger partial charge < -0.3 is 0 Å². The SMILES string of the molecule is Cc1ccc(S(=O)(=O)C(Br)Br)cc1. The molecule has 0 spiro atoms. The molecular formula is C8H8Br2O2S. The second-order valence-electron chi connectivity index (χ2n) is 2.62. The number of rotatable bonds is 2. The lowest BCUT2D eigenvalue weighted by atomic mass is 10.2. The molecule has 1 rings (SSSR count). The number of sulfone groups is 1. The van der Waals surface area contributed by atoms with Crippen molar-refractivity contribution in [2.45, 2.75) is 14.9 Å². The Morgan fingerprint density at radius 2 is 1.62 bits per heavy atom. The van der Waals surface area contributed by atoms with Crippen molar-refractivity contribution in [1.82, 2.24) is 0 Å². The van der Waals surface area contributed by atoms with Crippen molar-refractivity contribution in [3.8, 4) is 0 Å². The lowest BCUT2D eigenvalue weighted by molar-refractivity contribution is 0.600. The highest BCUT2D eigenvalue weighted by Gasteiger charge is 2.21. The van der Waals surface area contributed by atoms with Gasteiger partial charge in [0.2, 0.25) is 9.84 Å². The van der Waals surface area contributed by atoms with E-state index < -0.39 is 12.9 Å². The zero-order valence-corrected chi connectivity index (χ0v) is 10.9. The second-order valence-corrected chi connectivity index (χ2v) is 8.92. The van der Waals surface area contributed by atoms with Crippen LogP contribution in [0.25, 0.3) is 0 Å². The normalized spacial score (nSPS) is 12.0. The van der Waals surface area contributed by atoms with Crippen LogP contribution >= 0.6 is 31.9 Å². The number of alkyl halides is 2. The molecule has 0 radical (unpaired) electrons. The number of hydrogen-bond donors (Lipinski definition) is 0. The summed E-state index contributed by atoms with van der Waals surface area (Å²) < 4.78 is 22.4. The second kappa shape index (κ2) is 4.11. The van der Waals surface area contributed by atoms with Crippen LogP contribution in [0, 0.1) is 6.92 Å². The largest absolute Gasteiger partial charge is 0.222 e. The van der Waals surface area contributed by atoms with Crippen molar-refractivity contribution < 1.29 is 8.42 Å². The van der Waals surface area contributed by atoms with Crippen LogP contribution in [0.2, 0.25) is 0 Å². The van der Waals surface area contributed by atoms with Crippen LogP contribution in [0.5, 0.6) is 0 Å². The summed E-state index contributed by atoms with van der Waals surface area (Å²) >= 11 is 5.96. The molecule has 0 atom stereocenters. The average Bonchev–Trinajstić information content (AvgIpc) is 2.04. The first-order chi connectivity index (χ1) is 5.94. The molecule has 13 heavy (non-hydrogen) atoms. The molecule has 0 unspecified atom stereocenters. The van der Waals surface area contributed by atoms with E-state index in [9.17, 15) is 8.42 Å². The highest BCUT2D eigenvalue weighted by Crippen LogP contribution is 2.24. The van der Waals surface area contributed by atoms with E-state index in [0.29, 0.717) is 4.90 Å². The van der Waals surface area contributed by atoms with E-state index in [-0.39, 0.29) is 0 Å². The molecule has 0 aliphatic carbocycles. The Hall–Kier alpha value is 0.130. The van der Waals surface area contributed by atoms with Gasteiger partial charge in [0.25, 0.3) is 0 Å². The topological polar surface area (TPSA) is 34.1 Å². The van der Waals surface area contributed by atoms with Gasteiger partial charge in [-0.05, 0) is 19.1 Å². The minimum absolute atomic E-state index is 0.317. The van der Waals surface area contributed by atoms with Gasteiger partial charge in [0, 0.05) is 0 Å². The molecule has 0 saturated heterocycles. The maximum Gasteiger partial charge on any atom is 0.201 e. The molecule has 0 heterocycles. The van der Waals surface area contributed by atoms with Crippen molar-refractivity contribution in [2.24, 2.45) is 0 Å². The van der Waals surface area contributed by atoms with Gasteiger partial charge in [-0.2, -0.15) is 0 Å². The smallest absolute Gasteiger partial charge is 0.201 e. The van der Waals surface area contributed by atoms with Crippen LogP contribution in [0.15, 0.2) is 29.2 Å². The average molecular weight is 328 g/mol. The minimum Gasteiger partial charge on any atom is -0.222 e. The molecule has 2 nitrogen and oxygen atoms in total. The van der Waals surface area contributed by atoms with Crippen molar-refractivity contribution in [1.29, 1.82) is 0 Å². The van der Waals surface area contributed by atoms with Gasteiger partial charge >= 0.3 is 0 Å². The molecular weight excluding hydrogens is 320 g/mol. The summed E-state index contributed by atoms with van der Waals surface area (Å²) in [7, 11) is -3.26. The number of halogens is 2. The third kappa shape index (κ3) is 2.54. The Balaban J connectivity index is 3.17. The Bertz CT molecular complexity index is 381. The summed E-state index contributed by atoms with van der Waals surface area (Å²) in [6.07, 6.45) is 0. The van der Waals surface area contributed by atoms with Crippen LogP contribution < -0.4 is 0 Å². The molecule has 5 heteroatoms. The Morgan fingerprint density at radius 1 is 1.15 bits per heavy atom. The molecule has 0 aliphatic rings. The van der Waals surface area contributed by atoms with Crippen molar-refractivity contribution >= 4 is 41.7 Å². The van der Waals surface area contributed by atoms with Gasteiger partial charge in [-0.1, -0.05) is 49.6 Å². The molecule has 0 bridgehead atoms. The van der Waals surface area contributed by atoms with E-state index in [4.69, 9.17) is 0 Å². The van der Waals surface area contributed by atoms with Gasteiger partial charge in [0.05, 0.1) is 4.90 Å². The lowest BCUT2D eigenvalue weighted by Gasteiger charge is -2.04. The molecule has 0 aromatic heterocycles. The molecule has 1 aromatic rings. The standard InChI is InChI=1S/C8H8Br2O2S/c1-6-2-4-7(5-3-6)13(11,12)8(9)10/h2-5,8H,1H3. The maximum atomic E-state index is 11.5. The third-order valence-electron chi connectivity index (χ3n) is 1.58. The number of hydrogen-bond acceptors (Lipinski definition) is 2. The van der Waals surface area contributed by atoms with E-state index in [2.05, 4.69) is 31.9 Å². The predicted molar refractivity (Wildman–Crippen MR) is 60.0 cm³/mol. The summed E-state index contributed by atoms with van der Waals surface area (Å²) in [4.78, 5) is 0.317. The van der Waals surface area contributed by atoms with Gasteiger partial charge in [0.15, 0.2) is 3.07 Å². The predicted octanol–water partition coefficient (Wildman–Crippen LogP) is 2.84. The van der Waals surface area contributed by atoms with Crippen molar-refractivity contribution in [3.05, 3.63) is 29.8 Å². The first kappa shape index (κ1) is 11.2. The lowest BCUT2D eigenvalue weighted by Crippen LogP contribution is -2.08. The van der Waals surface area contributed by atoms with E-state index >= 15 is 0 Å². The van der Waals surface area contributed by atoms with E-state index in [0.717, 1.165) is 5.56 Å². The fourth-order valence-electron chi connectivity index (χ4n) is 0.831. The molecule has 72 valence electrons. The quantitative estimate of drug-likeness (QED) is 0.783. The highest BCUT2D eigenvalue weighted by molar-refractivity contribution is 9.27. The molecule has 0 saturated carbocycles. The van der Waals surface area contributed by atoms with E-state index in [1.807, 2.05) is 6.92 Å². The van der Waals surface area contributed by atoms with Crippen LogP contribution in [-0.4, -0.2) is 11.5 Å². The van der Waals surface area contributed by atoms with Gasteiger partial charge in [-0.15, -0.1) is 0 Å². The summed E-state index contributed by atoms with van der Waals surface area (Å²) in [6.45, 7) is 1.91. The third-order valence-corrected chi connectivity index (χ3v) is 5.94. The summed E-state index contributed by atoms with van der Waals surface area (Å²) in [6, 6.07) is 6.74. The van der Waals surface area contributed by atoms with Gasteiger partial charge in [0.1, 0.15) is 0 Å². The molecule has 1 aromatic carbocycles. The van der Waals surface area contributed by atoms with Crippen LogP contribution in [0.4, 0.5) is 0 Å². The monoisotopic (exact) mass is 326 g/mol. The summed E-state index contributed by atoms with van der Waals surface area (Å²) in [5, 5.41) is 0. The number of benzene rings is 1. The van der Waals surface area contributed by atoms with E-state index in [1.165, 1.54) is 0 Å². The van der Waals surface area contributed by atoms with Gasteiger partial charge in [-0.3, -0.25) is 0 Å². The van der Waals surface area contributed by atoms with Crippen LogP contribution in [-0.2, 0) is 9.84 Å². The Labute approximate surface area is 94.5 Å². The maximum absolute atomic E-state index is 11.5. The summed E-state index contributed by atoms with van der Waals surface area (Å²) in [5.74, 6) is 0. The Morgan fingerprint density at radius 3 is 2.00 bits per heavy atom. The Kier molecular flexibility index (Phi) is 3.54. The first-order valence-corrected chi connectivity index (χ1v) is 6.91. The zero-order chi connectivity index (χ0) is 10.1. The molecule has 0 amide bonds. The molecule has 0 N–H and O–H groups in total. The number of aryl methyl sites for hydroxylation is 1.